The van der Waals surface area contributed by atoms with Crippen LogP contribution in [-0.2, 0) is 4.79 Å². The molecule has 0 fully saturated rings. The largest absolute Gasteiger partial charge is 0.483 e. The van der Waals surface area contributed by atoms with Gasteiger partial charge in [-0.15, -0.1) is 10.2 Å². The fourth-order valence-corrected chi connectivity index (χ4v) is 2.84. The SMILES string of the molecule is O=C(COc1ccccc1Br)Nc1ccc(-c2nnc(-c3ccco3)o2)cc1. The van der Waals surface area contributed by atoms with Crippen LogP contribution >= 0.6 is 15.9 Å². The first kappa shape index (κ1) is 18.0. The summed E-state index contributed by atoms with van der Waals surface area (Å²) in [5.74, 6) is 1.52. The molecule has 8 heteroatoms. The molecule has 0 saturated carbocycles. The average Bonchev–Trinajstić information content (AvgIpc) is 3.40. The summed E-state index contributed by atoms with van der Waals surface area (Å²) < 4.78 is 17.1. The Morgan fingerprint density at radius 2 is 1.79 bits per heavy atom. The molecule has 1 N–H and O–H groups in total. The van der Waals surface area contributed by atoms with Gasteiger partial charge in [0.15, 0.2) is 12.4 Å². The van der Waals surface area contributed by atoms with E-state index in [2.05, 4.69) is 31.4 Å². The highest BCUT2D eigenvalue weighted by Gasteiger charge is 2.12. The molecule has 140 valence electrons. The molecule has 0 atom stereocenters. The van der Waals surface area contributed by atoms with Gasteiger partial charge >= 0.3 is 0 Å². The Bertz CT molecular complexity index is 1080. The van der Waals surface area contributed by atoms with E-state index in [-0.39, 0.29) is 12.5 Å². The van der Waals surface area contributed by atoms with Gasteiger partial charge in [0.1, 0.15) is 5.75 Å². The Morgan fingerprint density at radius 1 is 1.00 bits per heavy atom. The van der Waals surface area contributed by atoms with Crippen molar-refractivity contribution in [2.45, 2.75) is 0 Å². The molecule has 2 aromatic carbocycles. The van der Waals surface area contributed by atoms with Gasteiger partial charge in [-0.3, -0.25) is 4.79 Å². The Hall–Kier alpha value is -3.39. The number of halogens is 1. The van der Waals surface area contributed by atoms with Gasteiger partial charge in [0.2, 0.25) is 5.89 Å². The first-order chi connectivity index (χ1) is 13.7. The molecular weight excluding hydrogens is 426 g/mol. The number of amides is 1. The fourth-order valence-electron chi connectivity index (χ4n) is 2.44. The molecule has 0 saturated heterocycles. The molecule has 0 aliphatic heterocycles. The maximum atomic E-state index is 12.1. The number of anilines is 1. The minimum atomic E-state index is -0.263. The van der Waals surface area contributed by atoms with Crippen molar-refractivity contribution < 1.29 is 18.4 Å². The van der Waals surface area contributed by atoms with E-state index in [0.29, 0.717) is 29.0 Å². The van der Waals surface area contributed by atoms with Gasteiger partial charge in [0, 0.05) is 11.3 Å². The van der Waals surface area contributed by atoms with Crippen LogP contribution in [0.15, 0.2) is 80.2 Å². The van der Waals surface area contributed by atoms with Crippen molar-refractivity contribution in [3.05, 3.63) is 71.4 Å². The molecule has 0 spiro atoms. The molecule has 0 radical (unpaired) electrons. The highest BCUT2D eigenvalue weighted by atomic mass is 79.9. The summed E-state index contributed by atoms with van der Waals surface area (Å²) in [5, 5.41) is 10.8. The maximum Gasteiger partial charge on any atom is 0.283 e. The van der Waals surface area contributed by atoms with Gasteiger partial charge in [-0.25, -0.2) is 0 Å². The van der Waals surface area contributed by atoms with E-state index in [1.54, 1.807) is 42.5 Å². The van der Waals surface area contributed by atoms with Crippen LogP contribution in [0.1, 0.15) is 0 Å². The van der Waals surface area contributed by atoms with Crippen LogP contribution < -0.4 is 10.1 Å². The summed E-state index contributed by atoms with van der Waals surface area (Å²) in [6.45, 7) is -0.0967. The van der Waals surface area contributed by atoms with Crippen molar-refractivity contribution >= 4 is 27.5 Å². The number of rotatable bonds is 6. The summed E-state index contributed by atoms with van der Waals surface area (Å²) in [6, 6.07) is 17.9. The highest BCUT2D eigenvalue weighted by Crippen LogP contribution is 2.25. The second-order valence-corrected chi connectivity index (χ2v) is 6.59. The summed E-state index contributed by atoms with van der Waals surface area (Å²) in [4.78, 5) is 12.1. The number of benzene rings is 2. The highest BCUT2D eigenvalue weighted by molar-refractivity contribution is 9.10. The van der Waals surface area contributed by atoms with Crippen molar-refractivity contribution in [2.75, 3.05) is 11.9 Å². The predicted octanol–water partition coefficient (Wildman–Crippen LogP) is 4.78. The number of furan rings is 1. The molecule has 7 nitrogen and oxygen atoms in total. The van der Waals surface area contributed by atoms with Gasteiger partial charge < -0.3 is 18.9 Å². The molecular formula is C20H14BrN3O4. The molecule has 28 heavy (non-hydrogen) atoms. The summed E-state index contributed by atoms with van der Waals surface area (Å²) in [7, 11) is 0. The number of carbonyl (C=O) groups is 1. The normalized spacial score (nSPS) is 10.6. The first-order valence-corrected chi connectivity index (χ1v) is 9.13. The quantitative estimate of drug-likeness (QED) is 0.464. The lowest BCUT2D eigenvalue weighted by molar-refractivity contribution is -0.118. The minimum Gasteiger partial charge on any atom is -0.483 e. The lowest BCUT2D eigenvalue weighted by atomic mass is 10.2. The third-order valence-corrected chi connectivity index (χ3v) is 4.42. The molecule has 1 amide bonds. The van der Waals surface area contributed by atoms with E-state index in [1.807, 2.05) is 18.2 Å². The molecule has 4 rings (SSSR count). The smallest absolute Gasteiger partial charge is 0.283 e. The summed E-state index contributed by atoms with van der Waals surface area (Å²) in [5.41, 5.74) is 1.36. The molecule has 2 aromatic heterocycles. The Morgan fingerprint density at radius 3 is 2.54 bits per heavy atom. The number of nitrogens with zero attached hydrogens (tertiary/aromatic N) is 2. The number of hydrogen-bond donors (Lipinski definition) is 1. The van der Waals surface area contributed by atoms with Crippen LogP contribution in [0.25, 0.3) is 23.1 Å². The average molecular weight is 440 g/mol. The van der Waals surface area contributed by atoms with Crippen LogP contribution in [0.2, 0.25) is 0 Å². The van der Waals surface area contributed by atoms with E-state index in [9.17, 15) is 4.79 Å². The number of para-hydroxylation sites is 1. The second-order valence-electron chi connectivity index (χ2n) is 5.73. The van der Waals surface area contributed by atoms with Gasteiger partial charge in [-0.1, -0.05) is 12.1 Å². The van der Waals surface area contributed by atoms with Crippen LogP contribution in [-0.4, -0.2) is 22.7 Å². The number of hydrogen-bond acceptors (Lipinski definition) is 6. The zero-order valence-electron chi connectivity index (χ0n) is 14.5. The predicted molar refractivity (Wildman–Crippen MR) is 106 cm³/mol. The van der Waals surface area contributed by atoms with Gasteiger partial charge in [-0.05, 0) is 64.5 Å². The summed E-state index contributed by atoms with van der Waals surface area (Å²) >= 11 is 3.38. The standard InChI is InChI=1S/C20H14BrN3O4/c21-15-4-1-2-5-16(15)27-12-18(25)22-14-9-7-13(8-10-14)19-23-24-20(28-19)17-6-3-11-26-17/h1-11H,12H2,(H,22,25). The zero-order valence-corrected chi connectivity index (χ0v) is 16.0. The number of carbonyl (C=O) groups excluding carboxylic acids is 1. The number of aromatic nitrogens is 2. The van der Waals surface area contributed by atoms with Crippen LogP contribution in [0.4, 0.5) is 5.69 Å². The van der Waals surface area contributed by atoms with Crippen LogP contribution in [0.3, 0.4) is 0 Å². The van der Waals surface area contributed by atoms with Crippen molar-refractivity contribution in [1.82, 2.24) is 10.2 Å². The number of ether oxygens (including phenoxy) is 1. The van der Waals surface area contributed by atoms with Gasteiger partial charge in [0.05, 0.1) is 10.7 Å². The van der Waals surface area contributed by atoms with Crippen molar-refractivity contribution in [1.29, 1.82) is 0 Å². The van der Waals surface area contributed by atoms with E-state index in [4.69, 9.17) is 13.6 Å². The van der Waals surface area contributed by atoms with E-state index in [1.165, 1.54) is 6.26 Å². The van der Waals surface area contributed by atoms with E-state index < -0.39 is 0 Å². The third-order valence-electron chi connectivity index (χ3n) is 3.77. The van der Waals surface area contributed by atoms with E-state index >= 15 is 0 Å². The van der Waals surface area contributed by atoms with E-state index in [0.717, 1.165) is 10.0 Å². The Balaban J connectivity index is 1.37. The lowest BCUT2D eigenvalue weighted by Crippen LogP contribution is -2.20. The molecule has 0 bridgehead atoms. The Kier molecular flexibility index (Phi) is 5.20. The molecule has 2 heterocycles. The van der Waals surface area contributed by atoms with Crippen LogP contribution in [0.5, 0.6) is 5.75 Å². The molecule has 0 aliphatic carbocycles. The maximum absolute atomic E-state index is 12.1. The second kappa shape index (κ2) is 8.10. The minimum absolute atomic E-state index is 0.0967. The number of nitrogens with one attached hydrogen (secondary N) is 1. The summed E-state index contributed by atoms with van der Waals surface area (Å²) in [6.07, 6.45) is 1.54. The van der Waals surface area contributed by atoms with Crippen molar-refractivity contribution in [3.63, 3.8) is 0 Å². The van der Waals surface area contributed by atoms with Crippen molar-refractivity contribution in [2.24, 2.45) is 0 Å². The Labute approximate surface area is 168 Å². The fraction of sp³-hybridized carbons (Fsp3) is 0.0500. The molecule has 0 unspecified atom stereocenters. The van der Waals surface area contributed by atoms with Crippen molar-refractivity contribution in [3.8, 4) is 28.9 Å². The monoisotopic (exact) mass is 439 g/mol. The first-order valence-electron chi connectivity index (χ1n) is 8.34. The molecule has 4 aromatic rings. The van der Waals surface area contributed by atoms with Gasteiger partial charge in [-0.2, -0.15) is 0 Å². The lowest BCUT2D eigenvalue weighted by Gasteiger charge is -2.09. The van der Waals surface area contributed by atoms with Gasteiger partial charge in [0.25, 0.3) is 11.8 Å². The third kappa shape index (κ3) is 4.12. The molecule has 0 aliphatic rings. The zero-order chi connectivity index (χ0) is 19.3. The topological polar surface area (TPSA) is 90.4 Å². The van der Waals surface area contributed by atoms with Crippen LogP contribution in [0, 0.1) is 0 Å².